The number of amides is 1. The van der Waals surface area contributed by atoms with Gasteiger partial charge in [-0.2, -0.15) is 0 Å². The average Bonchev–Trinajstić information content (AvgIpc) is 2.83. The summed E-state index contributed by atoms with van der Waals surface area (Å²) >= 11 is 0. The van der Waals surface area contributed by atoms with Crippen molar-refractivity contribution < 1.29 is 4.79 Å². The molecule has 2 rings (SSSR count). The van der Waals surface area contributed by atoms with Crippen LogP contribution in [0, 0.1) is 5.41 Å². The van der Waals surface area contributed by atoms with Crippen LogP contribution in [0.25, 0.3) is 11.0 Å². The lowest BCUT2D eigenvalue weighted by molar-refractivity contribution is -0.129. The van der Waals surface area contributed by atoms with Gasteiger partial charge in [-0.25, -0.2) is 4.98 Å². The molecule has 1 heterocycles. The zero-order chi connectivity index (χ0) is 13.9. The molecule has 0 fully saturated rings. The molecule has 1 aromatic heterocycles. The number of aromatic amines is 1. The first-order valence-electron chi connectivity index (χ1n) is 6.43. The average molecular weight is 260 g/mol. The Morgan fingerprint density at radius 2 is 2.26 bits per heavy atom. The van der Waals surface area contributed by atoms with Crippen LogP contribution in [0.3, 0.4) is 0 Å². The summed E-state index contributed by atoms with van der Waals surface area (Å²) in [5, 5.41) is 2.95. The summed E-state index contributed by atoms with van der Waals surface area (Å²) in [7, 11) is 0. The highest BCUT2D eigenvalue weighted by Gasteiger charge is 2.26. The Morgan fingerprint density at radius 1 is 1.47 bits per heavy atom. The van der Waals surface area contributed by atoms with Gasteiger partial charge in [0.05, 0.1) is 17.4 Å². The van der Waals surface area contributed by atoms with Crippen LogP contribution in [-0.4, -0.2) is 22.4 Å². The van der Waals surface area contributed by atoms with E-state index in [0.717, 1.165) is 16.6 Å². The number of rotatable bonds is 5. The number of carbonyl (C=O) groups excluding carboxylic acids is 1. The van der Waals surface area contributed by atoms with E-state index in [9.17, 15) is 4.79 Å². The number of hydrogen-bond donors (Lipinski definition) is 3. The number of nitrogens with one attached hydrogen (secondary N) is 2. The van der Waals surface area contributed by atoms with Crippen molar-refractivity contribution in [2.75, 3.05) is 6.54 Å². The number of hydrogen-bond acceptors (Lipinski definition) is 3. The Hall–Kier alpha value is -1.88. The number of carbonyl (C=O) groups is 1. The molecule has 0 aliphatic heterocycles. The maximum absolute atomic E-state index is 12.1. The molecule has 1 amide bonds. The van der Waals surface area contributed by atoms with Gasteiger partial charge in [0, 0.05) is 12.0 Å². The molecular weight excluding hydrogens is 240 g/mol. The van der Waals surface area contributed by atoms with Crippen LogP contribution in [0.5, 0.6) is 0 Å². The van der Waals surface area contributed by atoms with Crippen LogP contribution in [0.1, 0.15) is 25.8 Å². The zero-order valence-corrected chi connectivity index (χ0v) is 11.4. The van der Waals surface area contributed by atoms with Crippen molar-refractivity contribution in [2.45, 2.75) is 26.8 Å². The summed E-state index contributed by atoms with van der Waals surface area (Å²) in [4.78, 5) is 19.3. The molecular formula is C14H20N4O. The van der Waals surface area contributed by atoms with Gasteiger partial charge in [-0.15, -0.1) is 0 Å². The minimum Gasteiger partial charge on any atom is -0.352 e. The third-order valence-electron chi connectivity index (χ3n) is 3.32. The maximum Gasteiger partial charge on any atom is 0.225 e. The lowest BCUT2D eigenvalue weighted by Crippen LogP contribution is -2.37. The number of nitrogens with zero attached hydrogens (tertiary/aromatic N) is 1. The van der Waals surface area contributed by atoms with Crippen molar-refractivity contribution >= 4 is 16.9 Å². The highest BCUT2D eigenvalue weighted by atomic mass is 16.2. The van der Waals surface area contributed by atoms with E-state index >= 15 is 0 Å². The monoisotopic (exact) mass is 260 g/mol. The highest BCUT2D eigenvalue weighted by molar-refractivity contribution is 5.82. The number of imidazole rings is 1. The van der Waals surface area contributed by atoms with E-state index in [2.05, 4.69) is 15.3 Å². The van der Waals surface area contributed by atoms with Gasteiger partial charge in [-0.05, 0) is 30.7 Å². The standard InChI is InChI=1S/C14H20N4O/c1-14(2,5-6-15)13(19)16-8-10-3-4-11-12(7-10)18-9-17-11/h3-4,7,9H,5-6,8,15H2,1-2H3,(H,16,19)(H,17,18). The third kappa shape index (κ3) is 3.12. The van der Waals surface area contributed by atoms with Gasteiger partial charge in [0.25, 0.3) is 0 Å². The number of benzene rings is 1. The zero-order valence-electron chi connectivity index (χ0n) is 11.4. The molecule has 0 spiro atoms. The second-order valence-electron chi connectivity index (χ2n) is 5.36. The van der Waals surface area contributed by atoms with Gasteiger partial charge >= 0.3 is 0 Å². The van der Waals surface area contributed by atoms with E-state index in [1.54, 1.807) is 6.33 Å². The number of fused-ring (bicyclic) bond motifs is 1. The topological polar surface area (TPSA) is 83.8 Å². The van der Waals surface area contributed by atoms with Crippen molar-refractivity contribution in [3.8, 4) is 0 Å². The Labute approximate surface area is 112 Å². The van der Waals surface area contributed by atoms with Gasteiger partial charge in [0.15, 0.2) is 0 Å². The Bertz CT molecular complexity index is 574. The molecule has 0 unspecified atom stereocenters. The number of H-pyrrole nitrogens is 1. The first-order chi connectivity index (χ1) is 9.03. The van der Waals surface area contributed by atoms with E-state index in [0.29, 0.717) is 19.5 Å². The second kappa shape index (κ2) is 5.40. The van der Waals surface area contributed by atoms with Crippen molar-refractivity contribution in [3.05, 3.63) is 30.1 Å². The smallest absolute Gasteiger partial charge is 0.225 e. The summed E-state index contributed by atoms with van der Waals surface area (Å²) in [5.41, 5.74) is 8.05. The van der Waals surface area contributed by atoms with E-state index in [1.165, 1.54) is 0 Å². The van der Waals surface area contributed by atoms with Gasteiger partial charge in [0.2, 0.25) is 5.91 Å². The molecule has 0 aliphatic rings. The molecule has 0 bridgehead atoms. The normalized spacial score (nSPS) is 11.7. The van der Waals surface area contributed by atoms with Crippen molar-refractivity contribution in [1.82, 2.24) is 15.3 Å². The minimum atomic E-state index is -0.424. The van der Waals surface area contributed by atoms with Crippen LogP contribution in [0.2, 0.25) is 0 Å². The van der Waals surface area contributed by atoms with Crippen LogP contribution < -0.4 is 11.1 Å². The Kier molecular flexibility index (Phi) is 3.85. The minimum absolute atomic E-state index is 0.0302. The summed E-state index contributed by atoms with van der Waals surface area (Å²) < 4.78 is 0. The molecule has 19 heavy (non-hydrogen) atoms. The predicted molar refractivity (Wildman–Crippen MR) is 75.4 cm³/mol. The molecule has 0 saturated heterocycles. The van der Waals surface area contributed by atoms with E-state index in [-0.39, 0.29) is 5.91 Å². The maximum atomic E-state index is 12.1. The van der Waals surface area contributed by atoms with Gasteiger partial charge in [-0.1, -0.05) is 19.9 Å². The second-order valence-corrected chi connectivity index (χ2v) is 5.36. The molecule has 0 aliphatic carbocycles. The van der Waals surface area contributed by atoms with E-state index in [1.807, 2.05) is 32.0 Å². The molecule has 5 heteroatoms. The van der Waals surface area contributed by atoms with E-state index in [4.69, 9.17) is 5.73 Å². The quantitative estimate of drug-likeness (QED) is 0.762. The number of nitrogens with two attached hydrogens (primary N) is 1. The van der Waals surface area contributed by atoms with Crippen LogP contribution >= 0.6 is 0 Å². The highest BCUT2D eigenvalue weighted by Crippen LogP contribution is 2.19. The first-order valence-corrected chi connectivity index (χ1v) is 6.43. The summed E-state index contributed by atoms with van der Waals surface area (Å²) in [5.74, 6) is 0.0302. The largest absolute Gasteiger partial charge is 0.352 e. The SMILES string of the molecule is CC(C)(CCN)C(=O)NCc1ccc2nc[nH]c2c1. The van der Waals surface area contributed by atoms with Crippen molar-refractivity contribution in [1.29, 1.82) is 0 Å². The van der Waals surface area contributed by atoms with Gasteiger partial charge in [-0.3, -0.25) is 4.79 Å². The summed E-state index contributed by atoms with van der Waals surface area (Å²) in [6.45, 7) is 4.85. The molecule has 1 aromatic carbocycles. The Balaban J connectivity index is 2.00. The molecule has 2 aromatic rings. The predicted octanol–water partition coefficient (Wildman–Crippen LogP) is 1.55. The molecule has 4 N–H and O–H groups in total. The van der Waals surface area contributed by atoms with Crippen LogP contribution in [0.4, 0.5) is 0 Å². The van der Waals surface area contributed by atoms with Crippen molar-refractivity contribution in [3.63, 3.8) is 0 Å². The van der Waals surface area contributed by atoms with Crippen molar-refractivity contribution in [2.24, 2.45) is 11.1 Å². The number of aromatic nitrogens is 2. The lowest BCUT2D eigenvalue weighted by atomic mass is 9.88. The van der Waals surface area contributed by atoms with Crippen LogP contribution in [-0.2, 0) is 11.3 Å². The van der Waals surface area contributed by atoms with Gasteiger partial charge in [0.1, 0.15) is 0 Å². The fourth-order valence-corrected chi connectivity index (χ4v) is 1.99. The molecule has 102 valence electrons. The first kappa shape index (κ1) is 13.5. The molecule has 0 radical (unpaired) electrons. The molecule has 0 atom stereocenters. The summed E-state index contributed by atoms with van der Waals surface area (Å²) in [6.07, 6.45) is 2.34. The fraction of sp³-hybridized carbons (Fsp3) is 0.429. The molecule has 5 nitrogen and oxygen atoms in total. The summed E-state index contributed by atoms with van der Waals surface area (Å²) in [6, 6.07) is 5.91. The fourth-order valence-electron chi connectivity index (χ4n) is 1.99. The molecule has 0 saturated carbocycles. The lowest BCUT2D eigenvalue weighted by Gasteiger charge is -2.22. The van der Waals surface area contributed by atoms with Crippen LogP contribution in [0.15, 0.2) is 24.5 Å². The third-order valence-corrected chi connectivity index (χ3v) is 3.32. The van der Waals surface area contributed by atoms with Gasteiger partial charge < -0.3 is 16.0 Å². The Morgan fingerprint density at radius 3 is 3.00 bits per heavy atom. The van der Waals surface area contributed by atoms with E-state index < -0.39 is 5.41 Å².